The predicted molar refractivity (Wildman–Crippen MR) is 59.9 cm³/mol. The third kappa shape index (κ3) is 2.14. The van der Waals surface area contributed by atoms with E-state index in [1.54, 1.807) is 6.07 Å². The lowest BCUT2D eigenvalue weighted by atomic mass is 10.3. The van der Waals surface area contributed by atoms with Gasteiger partial charge in [0, 0.05) is 0 Å². The largest absolute Gasteiger partial charge is 0.391 e. The molecule has 0 aliphatic carbocycles. The number of β-amino-alcohol motifs (C(OH)–C–C–N with tert-alkyl or cyclic N) is 1. The van der Waals surface area contributed by atoms with Crippen LogP contribution in [0.2, 0.25) is 5.15 Å². The van der Waals surface area contributed by atoms with Crippen LogP contribution in [-0.2, 0) is 4.79 Å². The van der Waals surface area contributed by atoms with Crippen molar-refractivity contribution in [3.8, 4) is 0 Å². The van der Waals surface area contributed by atoms with Gasteiger partial charge in [-0.15, -0.1) is 0 Å². The van der Waals surface area contributed by atoms with Gasteiger partial charge in [-0.05, 0) is 22.0 Å². The lowest BCUT2D eigenvalue weighted by Gasteiger charge is -2.15. The Balaban J connectivity index is 2.30. The number of halogens is 2. The van der Waals surface area contributed by atoms with Crippen LogP contribution in [-0.4, -0.2) is 28.6 Å². The van der Waals surface area contributed by atoms with Crippen molar-refractivity contribution < 1.29 is 9.90 Å². The second kappa shape index (κ2) is 4.08. The summed E-state index contributed by atoms with van der Waals surface area (Å²) in [6.07, 6.45) is 1.09. The Labute approximate surface area is 100.0 Å². The van der Waals surface area contributed by atoms with Crippen molar-refractivity contribution in [3.05, 3.63) is 21.9 Å². The Kier molecular flexibility index (Phi) is 2.95. The number of pyridine rings is 1. The highest BCUT2D eigenvalue weighted by molar-refractivity contribution is 9.10. The molecule has 1 unspecified atom stereocenters. The van der Waals surface area contributed by atoms with Crippen molar-refractivity contribution in [2.45, 2.75) is 12.5 Å². The third-order valence-corrected chi connectivity index (χ3v) is 3.33. The zero-order valence-corrected chi connectivity index (χ0v) is 9.99. The van der Waals surface area contributed by atoms with E-state index >= 15 is 0 Å². The minimum atomic E-state index is -0.591. The van der Waals surface area contributed by atoms with Gasteiger partial charge in [-0.2, -0.15) is 0 Å². The summed E-state index contributed by atoms with van der Waals surface area (Å²) >= 11 is 8.97. The summed E-state index contributed by atoms with van der Waals surface area (Å²) in [4.78, 5) is 16.9. The molecule has 0 spiro atoms. The van der Waals surface area contributed by atoms with Crippen LogP contribution in [0.1, 0.15) is 6.42 Å². The highest BCUT2D eigenvalue weighted by Gasteiger charge is 2.29. The number of rotatable bonds is 1. The van der Waals surface area contributed by atoms with E-state index in [0.29, 0.717) is 21.9 Å². The number of aliphatic hydroxyl groups excluding tert-OH is 1. The maximum Gasteiger partial charge on any atom is 0.229 e. The highest BCUT2D eigenvalue weighted by Crippen LogP contribution is 2.27. The average Bonchev–Trinajstić information content (AvgIpc) is 2.50. The van der Waals surface area contributed by atoms with Gasteiger partial charge in [0.05, 0.1) is 35.4 Å². The smallest absolute Gasteiger partial charge is 0.229 e. The average molecular weight is 292 g/mol. The van der Waals surface area contributed by atoms with Crippen LogP contribution in [0.25, 0.3) is 0 Å². The monoisotopic (exact) mass is 290 g/mol. The van der Waals surface area contributed by atoms with Gasteiger partial charge in [-0.25, -0.2) is 4.98 Å². The molecule has 0 saturated carbocycles. The number of aromatic nitrogens is 1. The highest BCUT2D eigenvalue weighted by atomic mass is 79.9. The molecule has 1 aromatic heterocycles. The molecule has 1 N–H and O–H groups in total. The lowest BCUT2D eigenvalue weighted by Crippen LogP contribution is -2.25. The molecule has 0 radical (unpaired) electrons. The molecule has 6 heteroatoms. The summed E-state index contributed by atoms with van der Waals surface area (Å²) < 4.78 is 0.635. The number of anilines is 1. The van der Waals surface area contributed by atoms with Crippen molar-refractivity contribution >= 4 is 39.1 Å². The van der Waals surface area contributed by atoms with Gasteiger partial charge in [0.15, 0.2) is 0 Å². The van der Waals surface area contributed by atoms with E-state index in [1.807, 2.05) is 0 Å². The van der Waals surface area contributed by atoms with Crippen LogP contribution in [0.5, 0.6) is 0 Å². The maximum absolute atomic E-state index is 11.5. The van der Waals surface area contributed by atoms with E-state index in [-0.39, 0.29) is 12.3 Å². The van der Waals surface area contributed by atoms with Gasteiger partial charge in [-0.3, -0.25) is 4.79 Å². The van der Waals surface area contributed by atoms with E-state index < -0.39 is 6.10 Å². The number of nitrogens with zero attached hydrogens (tertiary/aromatic N) is 2. The fourth-order valence-electron chi connectivity index (χ4n) is 1.50. The molecule has 2 heterocycles. The molecule has 1 aromatic rings. The van der Waals surface area contributed by atoms with Crippen LogP contribution in [0.15, 0.2) is 16.7 Å². The maximum atomic E-state index is 11.5. The lowest BCUT2D eigenvalue weighted by molar-refractivity contribution is -0.117. The number of aliphatic hydroxyl groups is 1. The molecular formula is C9H8BrClN2O2. The van der Waals surface area contributed by atoms with Crippen molar-refractivity contribution in [1.29, 1.82) is 0 Å². The predicted octanol–water partition coefficient (Wildman–Crippen LogP) is 1.60. The number of hydrogen-bond acceptors (Lipinski definition) is 3. The Morgan fingerprint density at radius 3 is 2.93 bits per heavy atom. The number of carbonyl (C=O) groups excluding carboxylic acids is 1. The van der Waals surface area contributed by atoms with E-state index in [4.69, 9.17) is 11.6 Å². The molecule has 80 valence electrons. The van der Waals surface area contributed by atoms with E-state index in [9.17, 15) is 9.90 Å². The van der Waals surface area contributed by atoms with Gasteiger partial charge in [0.25, 0.3) is 0 Å². The van der Waals surface area contributed by atoms with Crippen LogP contribution < -0.4 is 4.90 Å². The fraction of sp³-hybridized carbons (Fsp3) is 0.333. The fourth-order valence-corrected chi connectivity index (χ4v) is 1.94. The molecule has 0 aromatic carbocycles. The second-order valence-corrected chi connectivity index (χ2v) is 4.54. The van der Waals surface area contributed by atoms with Gasteiger partial charge < -0.3 is 10.0 Å². The van der Waals surface area contributed by atoms with E-state index in [0.717, 1.165) is 0 Å². The number of carbonyl (C=O) groups is 1. The van der Waals surface area contributed by atoms with Crippen molar-refractivity contribution in [2.24, 2.45) is 0 Å². The van der Waals surface area contributed by atoms with E-state index in [1.165, 1.54) is 11.1 Å². The molecule has 4 nitrogen and oxygen atoms in total. The first-order valence-electron chi connectivity index (χ1n) is 4.37. The first kappa shape index (κ1) is 10.9. The standard InChI is InChI=1S/C9H8BrClN2O2/c10-7-1-5(3-12-9(7)11)13-4-6(14)2-8(13)15/h1,3,6,14H,2,4H2. The minimum absolute atomic E-state index is 0.0986. The molecule has 1 fully saturated rings. The summed E-state index contributed by atoms with van der Waals surface area (Å²) in [7, 11) is 0. The number of hydrogen-bond donors (Lipinski definition) is 1. The molecular weight excluding hydrogens is 283 g/mol. The normalized spacial score (nSPS) is 21.1. The Morgan fingerprint density at radius 2 is 2.40 bits per heavy atom. The topological polar surface area (TPSA) is 53.4 Å². The molecule has 15 heavy (non-hydrogen) atoms. The van der Waals surface area contributed by atoms with Crippen molar-refractivity contribution in [3.63, 3.8) is 0 Å². The zero-order chi connectivity index (χ0) is 11.0. The van der Waals surface area contributed by atoms with Crippen LogP contribution in [0.4, 0.5) is 5.69 Å². The molecule has 1 aliphatic heterocycles. The van der Waals surface area contributed by atoms with Gasteiger partial charge in [-0.1, -0.05) is 11.6 Å². The summed E-state index contributed by atoms with van der Waals surface area (Å²) in [5.74, 6) is -0.0986. The summed E-state index contributed by atoms with van der Waals surface area (Å²) in [6, 6.07) is 1.71. The number of amides is 1. The Hall–Kier alpha value is -0.650. The van der Waals surface area contributed by atoms with Gasteiger partial charge in [0.2, 0.25) is 5.91 Å². The van der Waals surface area contributed by atoms with Crippen LogP contribution in [0.3, 0.4) is 0 Å². The molecule has 1 aliphatic rings. The van der Waals surface area contributed by atoms with Crippen LogP contribution in [0, 0.1) is 0 Å². The summed E-state index contributed by atoms with van der Waals surface area (Å²) in [5.41, 5.74) is 0.646. The molecule has 2 rings (SSSR count). The van der Waals surface area contributed by atoms with Crippen molar-refractivity contribution in [2.75, 3.05) is 11.4 Å². The summed E-state index contributed by atoms with van der Waals surface area (Å²) in [6.45, 7) is 0.314. The van der Waals surface area contributed by atoms with E-state index in [2.05, 4.69) is 20.9 Å². The van der Waals surface area contributed by atoms with Crippen molar-refractivity contribution in [1.82, 2.24) is 4.98 Å². The Bertz CT molecular complexity index is 413. The first-order chi connectivity index (χ1) is 7.08. The molecule has 1 saturated heterocycles. The molecule has 0 bridgehead atoms. The quantitative estimate of drug-likeness (QED) is 0.800. The van der Waals surface area contributed by atoms with Crippen LogP contribution >= 0.6 is 27.5 Å². The molecule has 1 atom stereocenters. The van der Waals surface area contributed by atoms with Gasteiger partial charge >= 0.3 is 0 Å². The second-order valence-electron chi connectivity index (χ2n) is 3.33. The minimum Gasteiger partial charge on any atom is -0.391 e. The SMILES string of the molecule is O=C1CC(O)CN1c1cnc(Cl)c(Br)c1. The Morgan fingerprint density at radius 1 is 1.67 bits per heavy atom. The third-order valence-electron chi connectivity index (χ3n) is 2.20. The first-order valence-corrected chi connectivity index (χ1v) is 5.54. The zero-order valence-electron chi connectivity index (χ0n) is 7.65. The summed E-state index contributed by atoms with van der Waals surface area (Å²) in [5, 5.41) is 9.69. The molecule has 1 amide bonds. The van der Waals surface area contributed by atoms with Gasteiger partial charge in [0.1, 0.15) is 5.15 Å².